The van der Waals surface area contributed by atoms with E-state index in [0.29, 0.717) is 0 Å². The Morgan fingerprint density at radius 2 is 1.64 bits per heavy atom. The van der Waals surface area contributed by atoms with E-state index in [4.69, 9.17) is 0 Å². The van der Waals surface area contributed by atoms with E-state index in [1.54, 1.807) is 12.2 Å². The first-order valence-corrected chi connectivity index (χ1v) is 4.97. The summed E-state index contributed by atoms with van der Waals surface area (Å²) in [6.07, 6.45) is 3.33. The molecule has 0 spiro atoms. The molecule has 1 heteroatoms. The molecule has 0 radical (unpaired) electrons. The lowest BCUT2D eigenvalue weighted by Gasteiger charge is -1.95. The monoisotopic (exact) mass is 190 g/mol. The number of allylic oxidation sites excluding steroid dienone is 2. The predicted molar refractivity (Wildman–Crippen MR) is 61.7 cm³/mol. The van der Waals surface area contributed by atoms with E-state index >= 15 is 0 Å². The van der Waals surface area contributed by atoms with E-state index in [0.717, 1.165) is 5.56 Å². The van der Waals surface area contributed by atoms with Gasteiger partial charge in [0, 0.05) is 5.56 Å². The molecule has 0 aromatic heterocycles. The van der Waals surface area contributed by atoms with Crippen LogP contribution in [0.2, 0.25) is 0 Å². The zero-order valence-corrected chi connectivity index (χ0v) is 9.37. The van der Waals surface area contributed by atoms with E-state index < -0.39 is 0 Å². The van der Waals surface area contributed by atoms with Crippen LogP contribution in [0, 0.1) is 6.92 Å². The highest BCUT2D eigenvalue weighted by Crippen LogP contribution is 2.04. The summed E-state index contributed by atoms with van der Waals surface area (Å²) in [5.41, 5.74) is 1.92. The summed E-state index contributed by atoms with van der Waals surface area (Å²) in [7, 11) is 0. The summed E-state index contributed by atoms with van der Waals surface area (Å²) in [5.74, 6) is 0.0671. The molecule has 0 aliphatic heterocycles. The van der Waals surface area contributed by atoms with Crippen molar-refractivity contribution in [2.75, 3.05) is 0 Å². The smallest absolute Gasteiger partial charge is 0.185 e. The third-order valence-corrected chi connectivity index (χ3v) is 1.65. The standard InChI is InChI=1S/C11H12O.C2H6/c1-3-4-11(12)10-7-5-9(2)6-8-10;1-2/h3-8H,1-2H3;1-2H3/b4-3-;. The number of aryl methyl sites for hydroxylation is 1. The number of hydrogen-bond acceptors (Lipinski definition) is 1. The van der Waals surface area contributed by atoms with Gasteiger partial charge in [0.15, 0.2) is 5.78 Å². The summed E-state index contributed by atoms with van der Waals surface area (Å²) >= 11 is 0. The molecule has 1 nitrogen and oxygen atoms in total. The Bertz CT molecular complexity index is 294. The second-order valence-corrected chi connectivity index (χ2v) is 2.73. The highest BCUT2D eigenvalue weighted by Gasteiger charge is 1.98. The fraction of sp³-hybridized carbons (Fsp3) is 0.308. The minimum atomic E-state index is 0.0671. The van der Waals surface area contributed by atoms with Crippen molar-refractivity contribution in [1.82, 2.24) is 0 Å². The summed E-state index contributed by atoms with van der Waals surface area (Å²) in [6.45, 7) is 7.84. The summed E-state index contributed by atoms with van der Waals surface area (Å²) in [5, 5.41) is 0. The lowest BCUT2D eigenvalue weighted by atomic mass is 10.1. The number of ketones is 1. The number of carbonyl (C=O) groups excluding carboxylic acids is 1. The maximum absolute atomic E-state index is 11.3. The average Bonchev–Trinajstić information content (AvgIpc) is 2.22. The highest BCUT2D eigenvalue weighted by molar-refractivity contribution is 6.04. The summed E-state index contributed by atoms with van der Waals surface area (Å²) < 4.78 is 0. The van der Waals surface area contributed by atoms with Crippen LogP contribution in [0.5, 0.6) is 0 Å². The molecule has 0 unspecified atom stereocenters. The van der Waals surface area contributed by atoms with Gasteiger partial charge in [0.25, 0.3) is 0 Å². The minimum Gasteiger partial charge on any atom is -0.289 e. The van der Waals surface area contributed by atoms with Crippen LogP contribution < -0.4 is 0 Å². The molecule has 0 N–H and O–H groups in total. The molecular weight excluding hydrogens is 172 g/mol. The molecule has 0 aliphatic rings. The molecule has 1 rings (SSSR count). The molecule has 76 valence electrons. The first kappa shape index (κ1) is 12.6. The van der Waals surface area contributed by atoms with Crippen molar-refractivity contribution >= 4 is 5.78 Å². The van der Waals surface area contributed by atoms with E-state index in [1.165, 1.54) is 5.56 Å². The molecule has 0 heterocycles. The molecule has 1 aromatic carbocycles. The Morgan fingerprint density at radius 1 is 1.14 bits per heavy atom. The SMILES string of the molecule is C/C=C\C(=O)c1ccc(C)cc1.CC. The van der Waals surface area contributed by atoms with Gasteiger partial charge in [-0.1, -0.05) is 49.8 Å². The van der Waals surface area contributed by atoms with Crippen molar-refractivity contribution in [3.05, 3.63) is 47.5 Å². The van der Waals surface area contributed by atoms with Crippen LogP contribution in [-0.2, 0) is 0 Å². The molecule has 0 bridgehead atoms. The normalized spacial score (nSPS) is 9.43. The third kappa shape index (κ3) is 4.04. The van der Waals surface area contributed by atoms with Gasteiger partial charge in [-0.25, -0.2) is 0 Å². The third-order valence-electron chi connectivity index (χ3n) is 1.65. The fourth-order valence-electron chi connectivity index (χ4n) is 0.965. The first-order chi connectivity index (χ1) is 6.74. The fourth-order valence-corrected chi connectivity index (χ4v) is 0.965. The van der Waals surface area contributed by atoms with Crippen molar-refractivity contribution in [1.29, 1.82) is 0 Å². The maximum Gasteiger partial charge on any atom is 0.185 e. The van der Waals surface area contributed by atoms with Crippen LogP contribution in [0.1, 0.15) is 36.7 Å². The average molecular weight is 190 g/mol. The zero-order valence-electron chi connectivity index (χ0n) is 9.37. The molecule has 14 heavy (non-hydrogen) atoms. The number of carbonyl (C=O) groups is 1. The van der Waals surface area contributed by atoms with Gasteiger partial charge in [-0.05, 0) is 19.9 Å². The second kappa shape index (κ2) is 7.07. The van der Waals surface area contributed by atoms with Gasteiger partial charge in [-0.3, -0.25) is 4.79 Å². The van der Waals surface area contributed by atoms with Gasteiger partial charge in [0.2, 0.25) is 0 Å². The first-order valence-electron chi connectivity index (χ1n) is 4.97. The highest BCUT2D eigenvalue weighted by atomic mass is 16.1. The molecule has 0 saturated heterocycles. The summed E-state index contributed by atoms with van der Waals surface area (Å²) in [6, 6.07) is 7.57. The van der Waals surface area contributed by atoms with Gasteiger partial charge < -0.3 is 0 Å². The van der Waals surface area contributed by atoms with E-state index in [9.17, 15) is 4.79 Å². The maximum atomic E-state index is 11.3. The van der Waals surface area contributed by atoms with E-state index in [-0.39, 0.29) is 5.78 Å². The Labute approximate surface area is 86.5 Å². The van der Waals surface area contributed by atoms with Crippen LogP contribution in [0.25, 0.3) is 0 Å². The van der Waals surface area contributed by atoms with Gasteiger partial charge >= 0.3 is 0 Å². The van der Waals surface area contributed by atoms with E-state index in [2.05, 4.69) is 0 Å². The van der Waals surface area contributed by atoms with Crippen LogP contribution >= 0.6 is 0 Å². The van der Waals surface area contributed by atoms with E-state index in [1.807, 2.05) is 52.0 Å². The molecular formula is C13H18O. The van der Waals surface area contributed by atoms with Crippen molar-refractivity contribution in [3.63, 3.8) is 0 Å². The Morgan fingerprint density at radius 3 is 2.07 bits per heavy atom. The van der Waals surface area contributed by atoms with Gasteiger partial charge in [0.1, 0.15) is 0 Å². The van der Waals surface area contributed by atoms with Crippen molar-refractivity contribution < 1.29 is 4.79 Å². The van der Waals surface area contributed by atoms with Crippen LogP contribution in [0.4, 0.5) is 0 Å². The van der Waals surface area contributed by atoms with Crippen molar-refractivity contribution in [3.8, 4) is 0 Å². The number of hydrogen-bond donors (Lipinski definition) is 0. The topological polar surface area (TPSA) is 17.1 Å². The lowest BCUT2D eigenvalue weighted by molar-refractivity contribution is 0.104. The zero-order chi connectivity index (χ0) is 11.0. The number of benzene rings is 1. The summed E-state index contributed by atoms with van der Waals surface area (Å²) in [4.78, 5) is 11.3. The van der Waals surface area contributed by atoms with Crippen LogP contribution in [0.15, 0.2) is 36.4 Å². The Balaban J connectivity index is 0.000000791. The second-order valence-electron chi connectivity index (χ2n) is 2.73. The molecule has 0 atom stereocenters. The largest absolute Gasteiger partial charge is 0.289 e. The Kier molecular flexibility index (Phi) is 6.38. The molecule has 0 amide bonds. The van der Waals surface area contributed by atoms with Gasteiger partial charge in [-0.15, -0.1) is 0 Å². The lowest BCUT2D eigenvalue weighted by Crippen LogP contribution is -1.92. The molecule has 0 aliphatic carbocycles. The van der Waals surface area contributed by atoms with Crippen molar-refractivity contribution in [2.45, 2.75) is 27.7 Å². The van der Waals surface area contributed by atoms with Crippen LogP contribution in [0.3, 0.4) is 0 Å². The minimum absolute atomic E-state index is 0.0671. The van der Waals surface area contributed by atoms with Crippen molar-refractivity contribution in [2.24, 2.45) is 0 Å². The van der Waals surface area contributed by atoms with Crippen LogP contribution in [-0.4, -0.2) is 5.78 Å². The Hall–Kier alpha value is -1.37. The quantitative estimate of drug-likeness (QED) is 0.512. The van der Waals surface area contributed by atoms with Gasteiger partial charge in [-0.2, -0.15) is 0 Å². The molecule has 1 aromatic rings. The molecule has 0 saturated carbocycles. The predicted octanol–water partition coefficient (Wildman–Crippen LogP) is 3.78. The molecule has 0 fully saturated rings. The number of rotatable bonds is 2. The van der Waals surface area contributed by atoms with Gasteiger partial charge in [0.05, 0.1) is 0 Å².